The van der Waals surface area contributed by atoms with Crippen molar-refractivity contribution in [3.63, 3.8) is 0 Å². The van der Waals surface area contributed by atoms with Crippen molar-refractivity contribution in [2.24, 2.45) is 0 Å². The van der Waals surface area contributed by atoms with Crippen molar-refractivity contribution >= 4 is 47.0 Å². The first kappa shape index (κ1) is 30.2. The average Bonchev–Trinajstić information content (AvgIpc) is 2.92. The molecule has 0 bridgehead atoms. The molecular formula is C25H27Cl3F2N2O6. The molecule has 0 spiro atoms. The van der Waals surface area contributed by atoms with Gasteiger partial charge in [0, 0.05) is 0 Å². The number of carboxylic acid groups (broad SMARTS) is 1. The summed E-state index contributed by atoms with van der Waals surface area (Å²) in [7, 11) is 0. The fourth-order valence-electron chi connectivity index (χ4n) is 4.09. The zero-order valence-electron chi connectivity index (χ0n) is 20.1. The maximum absolute atomic E-state index is 12.8. The van der Waals surface area contributed by atoms with Gasteiger partial charge in [0.15, 0.2) is 0 Å². The second kappa shape index (κ2) is 14.1. The van der Waals surface area contributed by atoms with Crippen molar-refractivity contribution in [2.75, 3.05) is 39.7 Å². The van der Waals surface area contributed by atoms with Crippen LogP contribution in [0.3, 0.4) is 0 Å². The molecule has 4 rings (SSSR count). The molecule has 13 heteroatoms. The van der Waals surface area contributed by atoms with Crippen LogP contribution in [0.5, 0.6) is 0 Å². The summed E-state index contributed by atoms with van der Waals surface area (Å²) in [6.07, 6.45) is -3.23. The zero-order valence-corrected chi connectivity index (χ0v) is 22.4. The van der Waals surface area contributed by atoms with Crippen LogP contribution in [0.15, 0.2) is 60.7 Å². The first-order valence-electron chi connectivity index (χ1n) is 11.6. The van der Waals surface area contributed by atoms with Gasteiger partial charge in [-0.25, -0.2) is 18.4 Å². The minimum atomic E-state index is -2.16. The van der Waals surface area contributed by atoms with Crippen LogP contribution in [-0.2, 0) is 14.2 Å². The molecule has 2 amide bonds. The molecule has 2 aromatic carbocycles. The molecule has 0 saturated carbocycles. The van der Waals surface area contributed by atoms with Gasteiger partial charge in [0.05, 0.1) is 38.4 Å². The Bertz CT molecular complexity index is 1030. The molecule has 2 aromatic rings. The molecule has 4 unspecified atom stereocenters. The lowest BCUT2D eigenvalue weighted by atomic mass is 10.0. The summed E-state index contributed by atoms with van der Waals surface area (Å²) >= 11 is 16.4. The van der Waals surface area contributed by atoms with Crippen LogP contribution < -0.4 is 0 Å². The van der Waals surface area contributed by atoms with Crippen molar-refractivity contribution in [1.82, 2.24) is 9.80 Å². The Kier molecular flexibility index (Phi) is 11.2. The van der Waals surface area contributed by atoms with Gasteiger partial charge in [-0.05, 0) is 45.9 Å². The monoisotopic (exact) mass is 594 g/mol. The van der Waals surface area contributed by atoms with Crippen LogP contribution in [0.25, 0.3) is 0 Å². The number of amides is 2. The number of carbonyl (C=O) groups is 2. The molecule has 0 radical (unpaired) electrons. The number of alkyl halides is 5. The van der Waals surface area contributed by atoms with Crippen LogP contribution in [0.4, 0.5) is 18.4 Å². The Morgan fingerprint density at radius 2 is 1.26 bits per heavy atom. The molecule has 2 heterocycles. The van der Waals surface area contributed by atoms with Crippen molar-refractivity contribution < 1.29 is 37.7 Å². The number of halogens is 5. The number of rotatable bonds is 4. The minimum Gasteiger partial charge on any atom is -0.465 e. The first-order chi connectivity index (χ1) is 18.1. The van der Waals surface area contributed by atoms with Gasteiger partial charge in [-0.1, -0.05) is 60.7 Å². The summed E-state index contributed by atoms with van der Waals surface area (Å²) in [6.45, 7) is -0.927. The van der Waals surface area contributed by atoms with Crippen molar-refractivity contribution in [3.05, 3.63) is 71.8 Å². The van der Waals surface area contributed by atoms with E-state index in [9.17, 15) is 18.4 Å². The Morgan fingerprint density at radius 1 is 0.842 bits per heavy atom. The molecule has 0 aliphatic carbocycles. The van der Waals surface area contributed by atoms with E-state index in [0.717, 1.165) is 11.1 Å². The number of hydrogen-bond acceptors (Lipinski definition) is 5. The molecule has 4 atom stereocenters. The second-order valence-corrected chi connectivity index (χ2v) is 10.7. The van der Waals surface area contributed by atoms with Gasteiger partial charge in [0.1, 0.15) is 25.6 Å². The van der Waals surface area contributed by atoms with Crippen LogP contribution in [0.1, 0.15) is 23.2 Å². The van der Waals surface area contributed by atoms with Crippen molar-refractivity contribution in [3.8, 4) is 0 Å². The lowest BCUT2D eigenvalue weighted by molar-refractivity contribution is -0.0674. The smallest absolute Gasteiger partial charge is 0.414 e. The van der Waals surface area contributed by atoms with Gasteiger partial charge in [-0.15, -0.1) is 0 Å². The van der Waals surface area contributed by atoms with Crippen molar-refractivity contribution in [1.29, 1.82) is 0 Å². The second-order valence-electron chi connectivity index (χ2n) is 8.47. The van der Waals surface area contributed by atoms with E-state index in [0.29, 0.717) is 0 Å². The average molecular weight is 596 g/mol. The number of morpholine rings is 2. The van der Waals surface area contributed by atoms with Crippen LogP contribution in [0, 0.1) is 0 Å². The zero-order chi connectivity index (χ0) is 27.7. The summed E-state index contributed by atoms with van der Waals surface area (Å²) in [5, 5.41) is 9.13. The van der Waals surface area contributed by atoms with E-state index in [1.165, 1.54) is 9.80 Å². The number of hydrogen-bond donors (Lipinski definition) is 1. The van der Waals surface area contributed by atoms with Crippen LogP contribution in [0.2, 0.25) is 0 Å². The molecule has 0 aromatic heterocycles. The van der Waals surface area contributed by atoms with E-state index in [2.05, 4.69) is 0 Å². The quantitative estimate of drug-likeness (QED) is 0.441. The topological polar surface area (TPSA) is 88.5 Å². The van der Waals surface area contributed by atoms with Gasteiger partial charge in [0.2, 0.25) is 0 Å². The third-order valence-electron chi connectivity index (χ3n) is 5.93. The maximum Gasteiger partial charge on any atom is 0.414 e. The molecule has 2 fully saturated rings. The predicted molar refractivity (Wildman–Crippen MR) is 138 cm³/mol. The van der Waals surface area contributed by atoms with Gasteiger partial charge in [-0.3, -0.25) is 9.80 Å². The summed E-state index contributed by atoms with van der Waals surface area (Å²) in [6, 6.07) is 17.6. The maximum atomic E-state index is 12.8. The van der Waals surface area contributed by atoms with Gasteiger partial charge >= 0.3 is 16.2 Å². The fraction of sp³-hybridized carbons (Fsp3) is 0.440. The Morgan fingerprint density at radius 3 is 1.66 bits per heavy atom. The molecule has 2 aliphatic heterocycles. The molecule has 2 aliphatic rings. The summed E-state index contributed by atoms with van der Waals surface area (Å²) in [5.74, 6) is 0. The van der Waals surface area contributed by atoms with Crippen molar-refractivity contribution in [2.45, 2.75) is 28.3 Å². The Balaban J connectivity index is 0.000000215. The highest BCUT2D eigenvalue weighted by Crippen LogP contribution is 2.32. The highest BCUT2D eigenvalue weighted by Gasteiger charge is 2.38. The van der Waals surface area contributed by atoms with E-state index < -0.39 is 47.8 Å². The third kappa shape index (κ3) is 8.57. The normalized spacial score (nSPS) is 23.7. The largest absolute Gasteiger partial charge is 0.465 e. The number of ether oxygens (including phenoxy) is 3. The lowest BCUT2D eigenvalue weighted by Crippen LogP contribution is -2.49. The lowest BCUT2D eigenvalue weighted by Gasteiger charge is -2.38. The highest BCUT2D eigenvalue weighted by molar-refractivity contribution is 6.66. The number of nitrogens with zero attached hydrogens (tertiary/aromatic N) is 2. The molecule has 1 N–H and O–H groups in total. The molecule has 8 nitrogen and oxygen atoms in total. The first-order valence-corrected chi connectivity index (χ1v) is 12.8. The van der Waals surface area contributed by atoms with Gasteiger partial charge in [-0.2, -0.15) is 0 Å². The number of benzene rings is 2. The van der Waals surface area contributed by atoms with E-state index in [1.807, 2.05) is 60.7 Å². The highest BCUT2D eigenvalue weighted by atomic mass is 35.6. The predicted octanol–water partition coefficient (Wildman–Crippen LogP) is 5.94. The summed E-state index contributed by atoms with van der Waals surface area (Å²) in [5.41, 5.74) is 1.70. The van der Waals surface area contributed by atoms with E-state index >= 15 is 0 Å². The SMILES string of the molecule is O=C(O)N1CC(CF)OCC1c1ccccc1.O=C(OC(Cl)(Cl)Cl)N1CC(CF)OCC1c1ccccc1. The Hall–Kier alpha value is -2.37. The van der Waals surface area contributed by atoms with E-state index in [4.69, 9.17) is 54.1 Å². The molecule has 38 heavy (non-hydrogen) atoms. The van der Waals surface area contributed by atoms with Gasteiger partial charge in [0.25, 0.3) is 0 Å². The number of carbonyl (C=O) groups excluding carboxylic acids is 1. The van der Waals surface area contributed by atoms with Crippen LogP contribution in [-0.4, -0.2) is 82.9 Å². The van der Waals surface area contributed by atoms with Crippen LogP contribution >= 0.6 is 34.8 Å². The molecule has 208 valence electrons. The summed E-state index contributed by atoms with van der Waals surface area (Å²) < 4.78 is 38.5. The molecule has 2 saturated heterocycles. The van der Waals surface area contributed by atoms with Gasteiger partial charge < -0.3 is 19.3 Å². The minimum absolute atomic E-state index is 0.0235. The summed E-state index contributed by atoms with van der Waals surface area (Å²) in [4.78, 5) is 25.8. The standard InChI is InChI=1S/C13H13Cl3FNO3.C12H14FNO3/c14-13(15,16)21-12(19)18-7-10(6-17)20-8-11(18)9-4-2-1-3-5-9;13-6-10-7-14(12(15)16)11(8-17-10)9-4-2-1-3-5-9/h1-5,10-11H,6-8H2;1-5,10-11H,6-8H2,(H,15,16). The fourth-order valence-corrected chi connectivity index (χ4v) is 4.29. The van der Waals surface area contributed by atoms with E-state index in [-0.39, 0.29) is 32.3 Å². The van der Waals surface area contributed by atoms with E-state index in [1.54, 1.807) is 0 Å². The Labute approximate surface area is 233 Å². The molecular weight excluding hydrogens is 569 g/mol. The third-order valence-corrected chi connectivity index (χ3v) is 6.16.